The number of piperazine rings is 1. The Balaban J connectivity index is 2.37. The fourth-order valence-corrected chi connectivity index (χ4v) is 2.88. The molecule has 1 aliphatic rings. The van der Waals surface area contributed by atoms with Crippen molar-refractivity contribution in [2.75, 3.05) is 6.54 Å². The van der Waals surface area contributed by atoms with E-state index in [1.807, 2.05) is 37.3 Å². The van der Waals surface area contributed by atoms with E-state index in [0.29, 0.717) is 6.54 Å². The maximum Gasteiger partial charge on any atom is 0.250 e. The van der Waals surface area contributed by atoms with Crippen LogP contribution in [0.4, 0.5) is 0 Å². The Labute approximate surface area is 126 Å². The first kappa shape index (κ1) is 15.5. The molecule has 1 N–H and O–H groups in total. The maximum absolute atomic E-state index is 12.6. The highest BCUT2D eigenvalue weighted by atomic mass is 16.2. The minimum Gasteiger partial charge on any atom is -0.342 e. The summed E-state index contributed by atoms with van der Waals surface area (Å²) in [6.07, 6.45) is 3.07. The Morgan fingerprint density at radius 1 is 1.19 bits per heavy atom. The molecule has 0 aliphatic carbocycles. The van der Waals surface area contributed by atoms with E-state index in [9.17, 15) is 9.59 Å². The summed E-state index contributed by atoms with van der Waals surface area (Å²) in [6, 6.07) is 9.10. The van der Waals surface area contributed by atoms with Crippen LogP contribution >= 0.6 is 0 Å². The summed E-state index contributed by atoms with van der Waals surface area (Å²) in [5, 5.41) is 2.81. The van der Waals surface area contributed by atoms with Crippen LogP contribution in [-0.2, 0) is 15.1 Å². The van der Waals surface area contributed by atoms with Gasteiger partial charge in [0.15, 0.2) is 0 Å². The van der Waals surface area contributed by atoms with Gasteiger partial charge in [0.05, 0.1) is 0 Å². The van der Waals surface area contributed by atoms with Gasteiger partial charge in [-0.15, -0.1) is 0 Å². The molecular formula is C17H24N2O2. The first-order valence-electron chi connectivity index (χ1n) is 7.69. The molecule has 21 heavy (non-hydrogen) atoms. The van der Waals surface area contributed by atoms with Crippen molar-refractivity contribution in [1.82, 2.24) is 10.2 Å². The van der Waals surface area contributed by atoms with E-state index in [-0.39, 0.29) is 11.8 Å². The van der Waals surface area contributed by atoms with Crippen molar-refractivity contribution in [3.63, 3.8) is 0 Å². The van der Waals surface area contributed by atoms with Gasteiger partial charge in [-0.2, -0.15) is 0 Å². The molecule has 0 bridgehead atoms. The number of carbonyl (C=O) groups excluding carboxylic acids is 2. The summed E-state index contributed by atoms with van der Waals surface area (Å²) < 4.78 is 0. The summed E-state index contributed by atoms with van der Waals surface area (Å²) >= 11 is 0. The van der Waals surface area contributed by atoms with Gasteiger partial charge in [0, 0.05) is 6.54 Å². The van der Waals surface area contributed by atoms with Gasteiger partial charge >= 0.3 is 0 Å². The molecule has 0 aromatic heterocycles. The Morgan fingerprint density at radius 2 is 1.86 bits per heavy atom. The Morgan fingerprint density at radius 3 is 2.48 bits per heavy atom. The lowest BCUT2D eigenvalue weighted by molar-refractivity contribution is -0.156. The van der Waals surface area contributed by atoms with E-state index < -0.39 is 11.6 Å². The monoisotopic (exact) mass is 288 g/mol. The molecule has 1 fully saturated rings. The van der Waals surface area contributed by atoms with Gasteiger partial charge in [0.1, 0.15) is 11.6 Å². The van der Waals surface area contributed by atoms with Crippen LogP contribution in [0.1, 0.15) is 45.6 Å². The summed E-state index contributed by atoms with van der Waals surface area (Å²) in [5.74, 6) is -0.102. The number of unbranched alkanes of at least 4 members (excludes halogenated alkanes) is 2. The first-order valence-corrected chi connectivity index (χ1v) is 7.69. The third-order valence-electron chi connectivity index (χ3n) is 4.29. The minimum atomic E-state index is -0.918. The predicted molar refractivity (Wildman–Crippen MR) is 82.6 cm³/mol. The summed E-state index contributed by atoms with van der Waals surface area (Å²) in [7, 11) is 0. The van der Waals surface area contributed by atoms with E-state index in [1.54, 1.807) is 11.8 Å². The number of rotatable bonds is 5. The maximum atomic E-state index is 12.6. The van der Waals surface area contributed by atoms with Crippen LogP contribution in [0.3, 0.4) is 0 Å². The van der Waals surface area contributed by atoms with Crippen LogP contribution in [0.5, 0.6) is 0 Å². The molecule has 2 unspecified atom stereocenters. The number of hydrogen-bond donors (Lipinski definition) is 1. The Bertz CT molecular complexity index is 515. The number of nitrogens with zero attached hydrogens (tertiary/aromatic N) is 1. The largest absolute Gasteiger partial charge is 0.342 e. The second-order valence-corrected chi connectivity index (χ2v) is 5.83. The molecule has 0 saturated carbocycles. The lowest BCUT2D eigenvalue weighted by atomic mass is 9.85. The topological polar surface area (TPSA) is 49.4 Å². The number of amides is 2. The standard InChI is InChI=1S/C17H24N2O2/c1-4-5-9-12-19-15(20)13(2)18-16(21)17(19,3)14-10-7-6-8-11-14/h6-8,10-11,13H,4-5,9,12H2,1-3H3,(H,18,21). The van der Waals surface area contributed by atoms with Gasteiger partial charge < -0.3 is 10.2 Å². The normalized spacial score (nSPS) is 25.9. The van der Waals surface area contributed by atoms with Crippen LogP contribution in [0.15, 0.2) is 30.3 Å². The zero-order chi connectivity index (χ0) is 15.5. The summed E-state index contributed by atoms with van der Waals surface area (Å²) in [5.41, 5.74) is -0.0576. The fourth-order valence-electron chi connectivity index (χ4n) is 2.88. The van der Waals surface area contributed by atoms with Crippen molar-refractivity contribution in [3.8, 4) is 0 Å². The van der Waals surface area contributed by atoms with Crippen molar-refractivity contribution < 1.29 is 9.59 Å². The highest BCUT2D eigenvalue weighted by Gasteiger charge is 2.48. The molecule has 1 saturated heterocycles. The number of hydrogen-bond acceptors (Lipinski definition) is 2. The summed E-state index contributed by atoms with van der Waals surface area (Å²) in [4.78, 5) is 26.9. The van der Waals surface area contributed by atoms with E-state index in [2.05, 4.69) is 12.2 Å². The molecule has 0 spiro atoms. The first-order chi connectivity index (χ1) is 10.0. The average molecular weight is 288 g/mol. The van der Waals surface area contributed by atoms with Crippen molar-refractivity contribution >= 4 is 11.8 Å². The highest BCUT2D eigenvalue weighted by molar-refractivity contribution is 6.00. The third-order valence-corrected chi connectivity index (χ3v) is 4.29. The van der Waals surface area contributed by atoms with Gasteiger partial charge in [-0.05, 0) is 25.8 Å². The molecule has 4 heteroatoms. The molecule has 1 aromatic carbocycles. The van der Waals surface area contributed by atoms with Crippen molar-refractivity contribution in [1.29, 1.82) is 0 Å². The third kappa shape index (κ3) is 2.80. The molecule has 0 radical (unpaired) electrons. The molecule has 114 valence electrons. The van der Waals surface area contributed by atoms with Crippen LogP contribution in [0, 0.1) is 0 Å². The molecule has 2 amide bonds. The predicted octanol–water partition coefficient (Wildman–Crippen LogP) is 2.44. The zero-order valence-electron chi connectivity index (χ0n) is 13.1. The van der Waals surface area contributed by atoms with Gasteiger partial charge in [0.2, 0.25) is 5.91 Å². The molecule has 1 heterocycles. The molecule has 2 rings (SSSR count). The van der Waals surface area contributed by atoms with Crippen LogP contribution < -0.4 is 5.32 Å². The highest BCUT2D eigenvalue weighted by Crippen LogP contribution is 2.32. The molecular weight excluding hydrogens is 264 g/mol. The Hall–Kier alpha value is -1.84. The van der Waals surface area contributed by atoms with E-state index in [4.69, 9.17) is 0 Å². The number of benzene rings is 1. The molecule has 1 aliphatic heterocycles. The van der Waals surface area contributed by atoms with Crippen molar-refractivity contribution in [2.45, 2.75) is 51.6 Å². The second kappa shape index (κ2) is 6.29. The van der Waals surface area contributed by atoms with E-state index in [0.717, 1.165) is 24.8 Å². The van der Waals surface area contributed by atoms with Gasteiger partial charge in [-0.3, -0.25) is 9.59 Å². The lowest BCUT2D eigenvalue weighted by Crippen LogP contribution is -2.67. The quantitative estimate of drug-likeness (QED) is 0.846. The van der Waals surface area contributed by atoms with Gasteiger partial charge in [-0.1, -0.05) is 50.1 Å². The number of nitrogens with one attached hydrogen (secondary N) is 1. The molecule has 1 aromatic rings. The van der Waals surface area contributed by atoms with Gasteiger partial charge in [-0.25, -0.2) is 0 Å². The summed E-state index contributed by atoms with van der Waals surface area (Å²) in [6.45, 7) is 6.34. The van der Waals surface area contributed by atoms with Crippen LogP contribution in [-0.4, -0.2) is 29.3 Å². The van der Waals surface area contributed by atoms with Crippen LogP contribution in [0.25, 0.3) is 0 Å². The minimum absolute atomic E-state index is 0.00273. The fraction of sp³-hybridized carbons (Fsp3) is 0.529. The second-order valence-electron chi connectivity index (χ2n) is 5.83. The van der Waals surface area contributed by atoms with Gasteiger partial charge in [0.25, 0.3) is 5.91 Å². The van der Waals surface area contributed by atoms with E-state index >= 15 is 0 Å². The van der Waals surface area contributed by atoms with Crippen molar-refractivity contribution in [2.24, 2.45) is 0 Å². The number of carbonyl (C=O) groups is 2. The smallest absolute Gasteiger partial charge is 0.250 e. The molecule has 2 atom stereocenters. The van der Waals surface area contributed by atoms with Crippen LogP contribution in [0.2, 0.25) is 0 Å². The average Bonchev–Trinajstić information content (AvgIpc) is 2.50. The van der Waals surface area contributed by atoms with E-state index in [1.165, 1.54) is 0 Å². The SMILES string of the molecule is CCCCCN1C(=O)C(C)NC(=O)C1(C)c1ccccc1. The zero-order valence-corrected chi connectivity index (χ0v) is 13.1. The lowest BCUT2D eigenvalue weighted by Gasteiger charge is -2.46. The Kier molecular flexibility index (Phi) is 4.66. The van der Waals surface area contributed by atoms with Crippen molar-refractivity contribution in [3.05, 3.63) is 35.9 Å². The molecule has 4 nitrogen and oxygen atoms in total.